The molecule has 0 unspecified atom stereocenters. The zero-order chi connectivity index (χ0) is 15.8. The minimum Gasteiger partial charge on any atom is -0.378 e. The van der Waals surface area contributed by atoms with Crippen LogP contribution in [0.4, 0.5) is 5.82 Å². The number of benzene rings is 1. The molecule has 0 aliphatic carbocycles. The lowest BCUT2D eigenvalue weighted by Crippen LogP contribution is -2.37. The van der Waals surface area contributed by atoms with E-state index in [1.165, 1.54) is 0 Å². The van der Waals surface area contributed by atoms with Crippen molar-refractivity contribution in [3.05, 3.63) is 41.2 Å². The van der Waals surface area contributed by atoms with Crippen LogP contribution in [0.2, 0.25) is 5.15 Å². The highest BCUT2D eigenvalue weighted by atomic mass is 35.5. The summed E-state index contributed by atoms with van der Waals surface area (Å²) >= 11 is 6.37. The molecule has 0 spiro atoms. The fourth-order valence-electron chi connectivity index (χ4n) is 2.88. The van der Waals surface area contributed by atoms with E-state index in [9.17, 15) is 0 Å². The average Bonchev–Trinajstić information content (AvgIpc) is 3.05. The van der Waals surface area contributed by atoms with E-state index in [-0.39, 0.29) is 0 Å². The number of H-pyrrole nitrogens is 1. The van der Waals surface area contributed by atoms with Crippen molar-refractivity contribution in [3.63, 3.8) is 0 Å². The number of fused-ring (bicyclic) bond motifs is 1. The quantitative estimate of drug-likeness (QED) is 0.732. The van der Waals surface area contributed by atoms with Gasteiger partial charge in [-0.15, -0.1) is 0 Å². The van der Waals surface area contributed by atoms with Gasteiger partial charge in [0, 0.05) is 41.3 Å². The summed E-state index contributed by atoms with van der Waals surface area (Å²) in [7, 11) is 0. The standard InChI is InChI=1S/C17H17ClN4O/c1-11-15(18)20-16(21-17(11)22-6-8-23-9-7-22)13-2-3-14-12(10-13)4-5-19-14/h2-5,10,19H,6-9H2,1H3. The van der Waals surface area contributed by atoms with Crippen molar-refractivity contribution in [3.8, 4) is 11.4 Å². The molecule has 0 amide bonds. The van der Waals surface area contributed by atoms with E-state index in [0.717, 1.165) is 40.9 Å². The van der Waals surface area contributed by atoms with Crippen molar-refractivity contribution in [1.82, 2.24) is 15.0 Å². The number of rotatable bonds is 2. The van der Waals surface area contributed by atoms with Crippen LogP contribution >= 0.6 is 11.6 Å². The summed E-state index contributed by atoms with van der Waals surface area (Å²) in [6.45, 7) is 5.04. The van der Waals surface area contributed by atoms with E-state index in [1.807, 2.05) is 31.3 Å². The molecule has 3 aromatic rings. The molecule has 0 bridgehead atoms. The molecule has 0 radical (unpaired) electrons. The molecular formula is C17H17ClN4O. The summed E-state index contributed by atoms with van der Waals surface area (Å²) in [6, 6.07) is 8.17. The Morgan fingerprint density at radius 1 is 1.17 bits per heavy atom. The second kappa shape index (κ2) is 5.83. The molecule has 1 aromatic carbocycles. The lowest BCUT2D eigenvalue weighted by atomic mass is 10.1. The zero-order valence-corrected chi connectivity index (χ0v) is 13.6. The molecule has 1 aliphatic rings. The molecule has 0 atom stereocenters. The van der Waals surface area contributed by atoms with Crippen LogP contribution in [-0.4, -0.2) is 41.3 Å². The van der Waals surface area contributed by atoms with E-state index < -0.39 is 0 Å². The van der Waals surface area contributed by atoms with Gasteiger partial charge in [0.05, 0.1) is 13.2 Å². The van der Waals surface area contributed by atoms with Crippen LogP contribution in [0.3, 0.4) is 0 Å². The van der Waals surface area contributed by atoms with E-state index in [0.29, 0.717) is 24.2 Å². The molecule has 1 N–H and O–H groups in total. The maximum Gasteiger partial charge on any atom is 0.163 e. The van der Waals surface area contributed by atoms with Gasteiger partial charge in [-0.3, -0.25) is 0 Å². The molecular weight excluding hydrogens is 312 g/mol. The van der Waals surface area contributed by atoms with Crippen LogP contribution in [0.25, 0.3) is 22.3 Å². The van der Waals surface area contributed by atoms with Gasteiger partial charge in [0.25, 0.3) is 0 Å². The van der Waals surface area contributed by atoms with Gasteiger partial charge in [0.15, 0.2) is 5.82 Å². The smallest absolute Gasteiger partial charge is 0.163 e. The third-order valence-electron chi connectivity index (χ3n) is 4.18. The van der Waals surface area contributed by atoms with Gasteiger partial charge < -0.3 is 14.6 Å². The molecule has 1 fully saturated rings. The molecule has 23 heavy (non-hydrogen) atoms. The number of ether oxygens (including phenoxy) is 1. The molecule has 118 valence electrons. The second-order valence-electron chi connectivity index (χ2n) is 5.67. The predicted octanol–water partition coefficient (Wildman–Crippen LogP) is 3.42. The van der Waals surface area contributed by atoms with Crippen LogP contribution < -0.4 is 4.90 Å². The van der Waals surface area contributed by atoms with Crippen LogP contribution in [0, 0.1) is 6.92 Å². The lowest BCUT2D eigenvalue weighted by Gasteiger charge is -2.29. The number of anilines is 1. The number of nitrogens with one attached hydrogen (secondary N) is 1. The van der Waals surface area contributed by atoms with Crippen molar-refractivity contribution in [2.75, 3.05) is 31.2 Å². The average molecular weight is 329 g/mol. The van der Waals surface area contributed by atoms with E-state index in [1.54, 1.807) is 0 Å². The second-order valence-corrected chi connectivity index (χ2v) is 6.02. The highest BCUT2D eigenvalue weighted by Crippen LogP contribution is 2.29. The minimum absolute atomic E-state index is 0.505. The first-order chi connectivity index (χ1) is 11.2. The maximum absolute atomic E-state index is 6.37. The van der Waals surface area contributed by atoms with E-state index in [4.69, 9.17) is 21.3 Å². The number of aromatic amines is 1. The van der Waals surface area contributed by atoms with Crippen LogP contribution in [-0.2, 0) is 4.74 Å². The zero-order valence-electron chi connectivity index (χ0n) is 12.8. The van der Waals surface area contributed by atoms with Gasteiger partial charge in [0.2, 0.25) is 0 Å². The number of halogens is 1. The number of hydrogen-bond donors (Lipinski definition) is 1. The summed E-state index contributed by atoms with van der Waals surface area (Å²) < 4.78 is 5.42. The van der Waals surface area contributed by atoms with Gasteiger partial charge in [-0.1, -0.05) is 11.6 Å². The molecule has 6 heteroatoms. The Balaban J connectivity index is 1.80. The molecule has 1 saturated heterocycles. The predicted molar refractivity (Wildman–Crippen MR) is 92.1 cm³/mol. The number of nitrogens with zero attached hydrogens (tertiary/aromatic N) is 3. The Morgan fingerprint density at radius 2 is 2.00 bits per heavy atom. The third kappa shape index (κ3) is 2.66. The van der Waals surface area contributed by atoms with Crippen molar-refractivity contribution >= 4 is 28.3 Å². The number of aromatic nitrogens is 3. The highest BCUT2D eigenvalue weighted by Gasteiger charge is 2.19. The largest absolute Gasteiger partial charge is 0.378 e. The Hall–Kier alpha value is -2.11. The molecule has 3 heterocycles. The summed E-state index contributed by atoms with van der Waals surface area (Å²) in [5.74, 6) is 1.56. The Kier molecular flexibility index (Phi) is 3.67. The van der Waals surface area contributed by atoms with E-state index in [2.05, 4.69) is 20.9 Å². The molecule has 1 aliphatic heterocycles. The molecule has 2 aromatic heterocycles. The summed E-state index contributed by atoms with van der Waals surface area (Å²) in [6.07, 6.45) is 1.93. The Labute approximate surface area is 139 Å². The van der Waals surface area contributed by atoms with Crippen molar-refractivity contribution in [2.45, 2.75) is 6.92 Å². The van der Waals surface area contributed by atoms with Gasteiger partial charge in [-0.2, -0.15) is 0 Å². The van der Waals surface area contributed by atoms with Gasteiger partial charge in [-0.05, 0) is 31.2 Å². The van der Waals surface area contributed by atoms with Crippen molar-refractivity contribution in [2.24, 2.45) is 0 Å². The third-order valence-corrected chi connectivity index (χ3v) is 4.55. The van der Waals surface area contributed by atoms with Gasteiger partial charge in [0.1, 0.15) is 11.0 Å². The van der Waals surface area contributed by atoms with Gasteiger partial charge >= 0.3 is 0 Å². The molecule has 4 rings (SSSR count). The topological polar surface area (TPSA) is 54.0 Å². The highest BCUT2D eigenvalue weighted by molar-refractivity contribution is 6.30. The van der Waals surface area contributed by atoms with Gasteiger partial charge in [-0.25, -0.2) is 9.97 Å². The fraction of sp³-hybridized carbons (Fsp3) is 0.294. The fourth-order valence-corrected chi connectivity index (χ4v) is 3.05. The first-order valence-corrected chi connectivity index (χ1v) is 8.04. The number of morpholine rings is 1. The summed E-state index contributed by atoms with van der Waals surface area (Å²) in [4.78, 5) is 14.7. The lowest BCUT2D eigenvalue weighted by molar-refractivity contribution is 0.122. The Bertz CT molecular complexity index is 855. The van der Waals surface area contributed by atoms with Crippen LogP contribution in [0.5, 0.6) is 0 Å². The first-order valence-electron chi connectivity index (χ1n) is 7.67. The maximum atomic E-state index is 6.37. The SMILES string of the molecule is Cc1c(Cl)nc(-c2ccc3[nH]ccc3c2)nc1N1CCOCC1. The molecule has 5 nitrogen and oxygen atoms in total. The van der Waals surface area contributed by atoms with Crippen LogP contribution in [0.1, 0.15) is 5.56 Å². The minimum atomic E-state index is 0.505. The summed E-state index contributed by atoms with van der Waals surface area (Å²) in [5.41, 5.74) is 2.98. The van der Waals surface area contributed by atoms with E-state index >= 15 is 0 Å². The monoisotopic (exact) mass is 328 g/mol. The Morgan fingerprint density at radius 3 is 2.83 bits per heavy atom. The van der Waals surface area contributed by atoms with Crippen LogP contribution in [0.15, 0.2) is 30.5 Å². The summed E-state index contributed by atoms with van der Waals surface area (Å²) in [5, 5.41) is 1.64. The van der Waals surface area contributed by atoms with Crippen molar-refractivity contribution < 1.29 is 4.74 Å². The normalized spacial score (nSPS) is 15.3. The van der Waals surface area contributed by atoms with Crippen molar-refractivity contribution in [1.29, 1.82) is 0 Å². The number of hydrogen-bond acceptors (Lipinski definition) is 4. The first kappa shape index (κ1) is 14.5. The molecule has 0 saturated carbocycles.